The van der Waals surface area contributed by atoms with Crippen LogP contribution in [0.1, 0.15) is 0 Å². The van der Waals surface area contributed by atoms with Gasteiger partial charge in [0.2, 0.25) is 0 Å². The first kappa shape index (κ1) is 19.4. The molecular formula is C33H20N2O. The van der Waals surface area contributed by atoms with Gasteiger partial charge < -0.3 is 4.42 Å². The van der Waals surface area contributed by atoms with Gasteiger partial charge in [-0.15, -0.1) is 0 Å². The van der Waals surface area contributed by atoms with Gasteiger partial charge in [0.1, 0.15) is 16.8 Å². The van der Waals surface area contributed by atoms with E-state index >= 15 is 0 Å². The fourth-order valence-electron chi connectivity index (χ4n) is 5.54. The Hall–Kier alpha value is -4.89. The summed E-state index contributed by atoms with van der Waals surface area (Å²) < 4.78 is 8.30. The van der Waals surface area contributed by atoms with E-state index < -0.39 is 0 Å². The first-order valence-electron chi connectivity index (χ1n) is 12.1. The molecule has 0 N–H and O–H groups in total. The fraction of sp³-hybridized carbons (Fsp3) is 0. The van der Waals surface area contributed by atoms with Crippen molar-refractivity contribution in [1.29, 1.82) is 0 Å². The van der Waals surface area contributed by atoms with Crippen molar-refractivity contribution in [3.05, 3.63) is 121 Å². The molecule has 0 fully saturated rings. The van der Waals surface area contributed by atoms with Gasteiger partial charge in [0.15, 0.2) is 0 Å². The first-order chi connectivity index (χ1) is 17.8. The van der Waals surface area contributed by atoms with Gasteiger partial charge >= 0.3 is 0 Å². The molecule has 0 spiro atoms. The third-order valence-electron chi connectivity index (χ3n) is 7.26. The quantitative estimate of drug-likeness (QED) is 0.241. The van der Waals surface area contributed by atoms with Gasteiger partial charge in [-0.25, -0.2) is 4.98 Å². The number of rotatable bonds is 2. The zero-order valence-electron chi connectivity index (χ0n) is 19.3. The van der Waals surface area contributed by atoms with E-state index in [0.29, 0.717) is 0 Å². The molecule has 3 heterocycles. The minimum absolute atomic E-state index is 0.918. The molecule has 0 aliphatic heterocycles. The summed E-state index contributed by atoms with van der Waals surface area (Å²) >= 11 is 0. The smallest absolute Gasteiger partial charge is 0.145 e. The van der Waals surface area contributed by atoms with Crippen LogP contribution in [0.2, 0.25) is 0 Å². The molecule has 8 aromatic rings. The molecule has 0 atom stereocenters. The Labute approximate surface area is 206 Å². The molecule has 0 bridgehead atoms. The van der Waals surface area contributed by atoms with E-state index in [1.807, 2.05) is 18.3 Å². The van der Waals surface area contributed by atoms with Crippen LogP contribution in [0.5, 0.6) is 0 Å². The van der Waals surface area contributed by atoms with Crippen molar-refractivity contribution in [2.75, 3.05) is 0 Å². The Morgan fingerprint density at radius 3 is 2.00 bits per heavy atom. The first-order valence-corrected chi connectivity index (χ1v) is 12.1. The highest BCUT2D eigenvalue weighted by atomic mass is 16.3. The second-order valence-electron chi connectivity index (χ2n) is 9.25. The van der Waals surface area contributed by atoms with E-state index in [4.69, 9.17) is 9.40 Å². The van der Waals surface area contributed by atoms with Gasteiger partial charge in [0, 0.05) is 27.1 Å². The highest BCUT2D eigenvalue weighted by Crippen LogP contribution is 2.35. The number of aromatic nitrogens is 2. The fourth-order valence-corrected chi connectivity index (χ4v) is 5.54. The van der Waals surface area contributed by atoms with Crippen LogP contribution in [0, 0.1) is 0 Å². The Morgan fingerprint density at radius 1 is 0.500 bits per heavy atom. The number of hydrogen-bond donors (Lipinski definition) is 0. The van der Waals surface area contributed by atoms with Crippen molar-refractivity contribution in [3.63, 3.8) is 0 Å². The van der Waals surface area contributed by atoms with Crippen molar-refractivity contribution in [2.45, 2.75) is 0 Å². The average molecular weight is 461 g/mol. The van der Waals surface area contributed by atoms with Gasteiger partial charge in [0.05, 0.1) is 17.4 Å². The predicted molar refractivity (Wildman–Crippen MR) is 148 cm³/mol. The summed E-state index contributed by atoms with van der Waals surface area (Å²) in [6, 6.07) is 40.5. The number of para-hydroxylation sites is 2. The molecule has 0 unspecified atom stereocenters. The second kappa shape index (κ2) is 7.30. The van der Waals surface area contributed by atoms with Crippen LogP contribution >= 0.6 is 0 Å². The Kier molecular flexibility index (Phi) is 3.94. The van der Waals surface area contributed by atoms with Gasteiger partial charge in [0.25, 0.3) is 0 Å². The maximum Gasteiger partial charge on any atom is 0.145 e. The summed E-state index contributed by atoms with van der Waals surface area (Å²) in [7, 11) is 0. The second-order valence-corrected chi connectivity index (χ2v) is 9.25. The summed E-state index contributed by atoms with van der Waals surface area (Å²) in [6.45, 7) is 0. The number of pyridine rings is 1. The van der Waals surface area contributed by atoms with Gasteiger partial charge in [-0.2, -0.15) is 0 Å². The average Bonchev–Trinajstić information content (AvgIpc) is 3.55. The minimum Gasteiger partial charge on any atom is -0.456 e. The lowest BCUT2D eigenvalue weighted by molar-refractivity contribution is 0.669. The lowest BCUT2D eigenvalue weighted by Crippen LogP contribution is -1.93. The monoisotopic (exact) mass is 460 g/mol. The summed E-state index contributed by atoms with van der Waals surface area (Å²) in [5, 5.41) is 5.93. The maximum absolute atomic E-state index is 6.01. The molecular weight excluding hydrogens is 440 g/mol. The largest absolute Gasteiger partial charge is 0.456 e. The van der Waals surface area contributed by atoms with Crippen molar-refractivity contribution >= 4 is 49.3 Å². The third kappa shape index (κ3) is 2.71. The van der Waals surface area contributed by atoms with Crippen LogP contribution in [-0.2, 0) is 0 Å². The maximum atomic E-state index is 6.01. The van der Waals surface area contributed by atoms with Crippen LogP contribution in [0.15, 0.2) is 126 Å². The van der Waals surface area contributed by atoms with Crippen molar-refractivity contribution in [1.82, 2.24) is 9.38 Å². The van der Waals surface area contributed by atoms with E-state index in [0.717, 1.165) is 38.8 Å². The molecule has 36 heavy (non-hydrogen) atoms. The number of furan rings is 1. The van der Waals surface area contributed by atoms with Crippen molar-refractivity contribution < 1.29 is 4.42 Å². The van der Waals surface area contributed by atoms with Crippen LogP contribution in [0.25, 0.3) is 71.6 Å². The van der Waals surface area contributed by atoms with Crippen molar-refractivity contribution in [3.8, 4) is 22.4 Å². The molecule has 3 nitrogen and oxygen atoms in total. The van der Waals surface area contributed by atoms with E-state index in [2.05, 4.69) is 108 Å². The Balaban J connectivity index is 1.29. The molecule has 0 radical (unpaired) electrons. The van der Waals surface area contributed by atoms with Crippen molar-refractivity contribution in [2.24, 2.45) is 0 Å². The van der Waals surface area contributed by atoms with Gasteiger partial charge in [-0.3, -0.25) is 4.40 Å². The van der Waals surface area contributed by atoms with E-state index in [1.54, 1.807) is 0 Å². The van der Waals surface area contributed by atoms with Gasteiger partial charge in [-0.05, 0) is 40.8 Å². The molecule has 0 aliphatic carbocycles. The lowest BCUT2D eigenvalue weighted by atomic mass is 10.0. The molecule has 3 heteroatoms. The number of imidazole rings is 1. The third-order valence-corrected chi connectivity index (χ3v) is 7.26. The molecule has 168 valence electrons. The number of nitrogens with zero attached hydrogens (tertiary/aromatic N) is 2. The molecule has 0 saturated heterocycles. The summed E-state index contributed by atoms with van der Waals surface area (Å²) in [5.74, 6) is 0. The van der Waals surface area contributed by atoms with Gasteiger partial charge in [-0.1, -0.05) is 91.0 Å². The van der Waals surface area contributed by atoms with E-state index in [-0.39, 0.29) is 0 Å². The van der Waals surface area contributed by atoms with Crippen LogP contribution < -0.4 is 0 Å². The summed E-state index contributed by atoms with van der Waals surface area (Å²) in [5.41, 5.74) is 8.58. The number of benzene rings is 5. The highest BCUT2D eigenvalue weighted by Gasteiger charge is 2.14. The SMILES string of the molecule is c1ccc2c(c1)oc1ccc(-c3ccc(-c4cnc5c6ccccc6c6ccccc6n45)cc3)cc12. The molecule has 8 rings (SSSR count). The summed E-state index contributed by atoms with van der Waals surface area (Å²) in [6.07, 6.45) is 1.99. The topological polar surface area (TPSA) is 30.4 Å². The minimum atomic E-state index is 0.918. The molecule has 5 aromatic carbocycles. The Morgan fingerprint density at radius 2 is 1.14 bits per heavy atom. The predicted octanol–water partition coefficient (Wildman–Crippen LogP) is 8.87. The molecule has 0 aliphatic rings. The van der Waals surface area contributed by atoms with E-state index in [9.17, 15) is 0 Å². The zero-order chi connectivity index (χ0) is 23.6. The van der Waals surface area contributed by atoms with Crippen LogP contribution in [0.3, 0.4) is 0 Å². The normalized spacial score (nSPS) is 11.9. The summed E-state index contributed by atoms with van der Waals surface area (Å²) in [4.78, 5) is 4.86. The molecule has 0 amide bonds. The standard InChI is InChI=1S/C33H20N2O/c1-2-10-27-24(7-1)25-8-3-5-11-29(25)35-30(20-34-33(27)35)22-15-13-21(14-16-22)23-17-18-32-28(19-23)26-9-4-6-12-31(26)36-32/h1-20H. The van der Waals surface area contributed by atoms with Crippen LogP contribution in [-0.4, -0.2) is 9.38 Å². The number of hydrogen-bond acceptors (Lipinski definition) is 2. The van der Waals surface area contributed by atoms with E-state index in [1.165, 1.54) is 32.8 Å². The highest BCUT2D eigenvalue weighted by molar-refractivity contribution is 6.12. The molecule has 0 saturated carbocycles. The Bertz CT molecular complexity index is 2100. The zero-order valence-corrected chi connectivity index (χ0v) is 19.3. The number of fused-ring (bicyclic) bond motifs is 9. The lowest BCUT2D eigenvalue weighted by Gasteiger charge is -2.11. The van der Waals surface area contributed by atoms with Crippen LogP contribution in [0.4, 0.5) is 0 Å². The molecule has 3 aromatic heterocycles.